The smallest absolute Gasteiger partial charge is 0.131 e. The molecule has 16 heavy (non-hydrogen) atoms. The van der Waals surface area contributed by atoms with Gasteiger partial charge in [0, 0.05) is 17.3 Å². The van der Waals surface area contributed by atoms with E-state index in [4.69, 9.17) is 9.97 Å². The fourth-order valence-corrected chi connectivity index (χ4v) is 1.90. The molecule has 1 aromatic rings. The molecule has 1 aromatic heterocycles. The van der Waals surface area contributed by atoms with E-state index in [2.05, 4.69) is 41.5 Å². The number of hydrogen-bond donors (Lipinski definition) is 0. The zero-order valence-electron chi connectivity index (χ0n) is 11.5. The van der Waals surface area contributed by atoms with E-state index in [0.717, 1.165) is 18.7 Å². The van der Waals surface area contributed by atoms with Crippen LogP contribution in [0, 0.1) is 6.92 Å². The Morgan fingerprint density at radius 3 is 2.06 bits per heavy atom. The summed E-state index contributed by atoms with van der Waals surface area (Å²) in [6, 6.07) is 0. The normalized spacial score (nSPS) is 11.5. The lowest BCUT2D eigenvalue weighted by atomic mass is 10.0. The van der Waals surface area contributed by atoms with Gasteiger partial charge in [-0.25, -0.2) is 9.97 Å². The Balaban J connectivity index is 3.27. The summed E-state index contributed by atoms with van der Waals surface area (Å²) in [7, 11) is 0. The highest BCUT2D eigenvalue weighted by atomic mass is 14.9. The van der Waals surface area contributed by atoms with E-state index in [0.29, 0.717) is 11.8 Å². The molecule has 0 radical (unpaired) electrons. The minimum Gasteiger partial charge on any atom is -0.237 e. The quantitative estimate of drug-likeness (QED) is 0.767. The van der Waals surface area contributed by atoms with E-state index in [1.54, 1.807) is 0 Å². The van der Waals surface area contributed by atoms with Crippen molar-refractivity contribution in [3.63, 3.8) is 0 Å². The zero-order chi connectivity index (χ0) is 12.3. The summed E-state index contributed by atoms with van der Waals surface area (Å²) in [5.74, 6) is 1.89. The molecule has 0 fully saturated rings. The third kappa shape index (κ3) is 2.81. The molecule has 2 heteroatoms. The number of aromatic nitrogens is 2. The van der Waals surface area contributed by atoms with Crippen LogP contribution in [-0.2, 0) is 6.42 Å². The Morgan fingerprint density at radius 1 is 1.00 bits per heavy atom. The Kier molecular flexibility index (Phi) is 4.45. The minimum atomic E-state index is 0.411. The second-order valence-corrected chi connectivity index (χ2v) is 5.10. The topological polar surface area (TPSA) is 25.8 Å². The number of hydrogen-bond acceptors (Lipinski definition) is 2. The minimum absolute atomic E-state index is 0.411. The molecule has 0 aliphatic rings. The molecule has 90 valence electrons. The summed E-state index contributed by atoms with van der Waals surface area (Å²) in [5, 5.41) is 0. The Hall–Kier alpha value is -0.920. The van der Waals surface area contributed by atoms with Crippen LogP contribution in [0.1, 0.15) is 75.7 Å². The van der Waals surface area contributed by atoms with E-state index >= 15 is 0 Å². The summed E-state index contributed by atoms with van der Waals surface area (Å²) >= 11 is 0. The maximum Gasteiger partial charge on any atom is 0.131 e. The molecule has 0 saturated carbocycles. The van der Waals surface area contributed by atoms with Gasteiger partial charge in [0.05, 0.1) is 0 Å². The van der Waals surface area contributed by atoms with Crippen molar-refractivity contribution in [2.24, 2.45) is 0 Å². The van der Waals surface area contributed by atoms with Gasteiger partial charge in [-0.05, 0) is 24.8 Å². The van der Waals surface area contributed by atoms with Crippen LogP contribution in [0.25, 0.3) is 0 Å². The Labute approximate surface area is 99.5 Å². The van der Waals surface area contributed by atoms with Crippen molar-refractivity contribution in [2.45, 2.75) is 66.2 Å². The Morgan fingerprint density at radius 2 is 1.62 bits per heavy atom. The SMILES string of the molecule is CCCc1nc(C(C)C)nc(C(C)C)c1C. The summed E-state index contributed by atoms with van der Waals surface area (Å²) in [5.41, 5.74) is 3.76. The van der Waals surface area contributed by atoms with Crippen molar-refractivity contribution < 1.29 is 0 Å². The average Bonchev–Trinajstić information content (AvgIpc) is 2.20. The molecule has 1 heterocycles. The van der Waals surface area contributed by atoms with Crippen molar-refractivity contribution in [1.29, 1.82) is 0 Å². The van der Waals surface area contributed by atoms with Crippen LogP contribution in [-0.4, -0.2) is 9.97 Å². The summed E-state index contributed by atoms with van der Waals surface area (Å²) in [6.07, 6.45) is 2.21. The van der Waals surface area contributed by atoms with Crippen LogP contribution in [0.4, 0.5) is 0 Å². The third-order valence-corrected chi connectivity index (χ3v) is 2.85. The highest BCUT2D eigenvalue weighted by molar-refractivity contribution is 5.27. The summed E-state index contributed by atoms with van der Waals surface area (Å²) in [6.45, 7) is 13.1. The maximum atomic E-state index is 4.70. The number of aryl methyl sites for hydroxylation is 1. The van der Waals surface area contributed by atoms with Gasteiger partial charge in [-0.3, -0.25) is 0 Å². The van der Waals surface area contributed by atoms with Crippen molar-refractivity contribution in [2.75, 3.05) is 0 Å². The molecule has 0 saturated heterocycles. The zero-order valence-corrected chi connectivity index (χ0v) is 11.5. The van der Waals surface area contributed by atoms with Crippen LogP contribution in [0.15, 0.2) is 0 Å². The van der Waals surface area contributed by atoms with E-state index in [9.17, 15) is 0 Å². The second kappa shape index (κ2) is 5.42. The molecule has 0 aliphatic heterocycles. The largest absolute Gasteiger partial charge is 0.237 e. The molecule has 0 bridgehead atoms. The molecular weight excluding hydrogens is 196 g/mol. The van der Waals surface area contributed by atoms with E-state index in [1.165, 1.54) is 17.0 Å². The number of nitrogens with zero attached hydrogens (tertiary/aromatic N) is 2. The van der Waals surface area contributed by atoms with E-state index in [1.807, 2.05) is 0 Å². The first-order valence-corrected chi connectivity index (χ1v) is 6.34. The molecule has 0 aromatic carbocycles. The van der Waals surface area contributed by atoms with Gasteiger partial charge in [0.15, 0.2) is 0 Å². The third-order valence-electron chi connectivity index (χ3n) is 2.85. The van der Waals surface area contributed by atoms with Crippen LogP contribution < -0.4 is 0 Å². The highest BCUT2D eigenvalue weighted by Gasteiger charge is 2.14. The van der Waals surface area contributed by atoms with Gasteiger partial charge in [0.2, 0.25) is 0 Å². The van der Waals surface area contributed by atoms with E-state index < -0.39 is 0 Å². The molecule has 0 N–H and O–H groups in total. The lowest BCUT2D eigenvalue weighted by molar-refractivity contribution is 0.698. The predicted octanol–water partition coefficient (Wildman–Crippen LogP) is 3.98. The fraction of sp³-hybridized carbons (Fsp3) is 0.714. The van der Waals surface area contributed by atoms with Crippen molar-refractivity contribution in [3.8, 4) is 0 Å². The highest BCUT2D eigenvalue weighted by Crippen LogP contribution is 2.22. The molecule has 0 amide bonds. The van der Waals surface area contributed by atoms with Gasteiger partial charge in [-0.2, -0.15) is 0 Å². The first-order chi connectivity index (χ1) is 7.47. The average molecular weight is 220 g/mol. The van der Waals surface area contributed by atoms with Crippen LogP contribution in [0.5, 0.6) is 0 Å². The van der Waals surface area contributed by atoms with Crippen molar-refractivity contribution in [1.82, 2.24) is 9.97 Å². The van der Waals surface area contributed by atoms with Crippen molar-refractivity contribution >= 4 is 0 Å². The molecular formula is C14H24N2. The van der Waals surface area contributed by atoms with Crippen LogP contribution in [0.2, 0.25) is 0 Å². The maximum absolute atomic E-state index is 4.70. The number of rotatable bonds is 4. The Bertz CT molecular complexity index is 354. The first kappa shape index (κ1) is 13.1. The lowest BCUT2D eigenvalue weighted by Crippen LogP contribution is -2.10. The summed E-state index contributed by atoms with van der Waals surface area (Å²) < 4.78 is 0. The van der Waals surface area contributed by atoms with Gasteiger partial charge >= 0.3 is 0 Å². The van der Waals surface area contributed by atoms with Crippen molar-refractivity contribution in [3.05, 3.63) is 22.8 Å². The van der Waals surface area contributed by atoms with Crippen LogP contribution >= 0.6 is 0 Å². The predicted molar refractivity (Wildman–Crippen MR) is 68.9 cm³/mol. The molecule has 2 nitrogen and oxygen atoms in total. The van der Waals surface area contributed by atoms with E-state index in [-0.39, 0.29) is 0 Å². The standard InChI is InChI=1S/C14H24N2/c1-7-8-12-11(6)13(9(2)3)16-14(15-12)10(4)5/h9-10H,7-8H2,1-6H3. The van der Waals surface area contributed by atoms with Gasteiger partial charge in [-0.15, -0.1) is 0 Å². The fourth-order valence-electron chi connectivity index (χ4n) is 1.90. The molecule has 0 spiro atoms. The second-order valence-electron chi connectivity index (χ2n) is 5.10. The van der Waals surface area contributed by atoms with Gasteiger partial charge in [0.1, 0.15) is 5.82 Å². The molecule has 0 atom stereocenters. The monoisotopic (exact) mass is 220 g/mol. The van der Waals surface area contributed by atoms with Gasteiger partial charge in [0.25, 0.3) is 0 Å². The molecule has 0 unspecified atom stereocenters. The van der Waals surface area contributed by atoms with Gasteiger partial charge < -0.3 is 0 Å². The summed E-state index contributed by atoms with van der Waals surface area (Å²) in [4.78, 5) is 9.40. The molecule has 1 rings (SSSR count). The molecule has 0 aliphatic carbocycles. The van der Waals surface area contributed by atoms with Crippen LogP contribution in [0.3, 0.4) is 0 Å². The van der Waals surface area contributed by atoms with Gasteiger partial charge in [-0.1, -0.05) is 41.0 Å². The lowest BCUT2D eigenvalue weighted by Gasteiger charge is -2.16. The first-order valence-electron chi connectivity index (χ1n) is 6.34.